The highest BCUT2D eigenvalue weighted by atomic mass is 28.3. The van der Waals surface area contributed by atoms with Gasteiger partial charge in [-0.05, 0) is 42.9 Å². The molecule has 0 aliphatic carbocycles. The van der Waals surface area contributed by atoms with E-state index >= 15 is 0 Å². The van der Waals surface area contributed by atoms with Crippen LogP contribution >= 0.6 is 0 Å². The zero-order valence-corrected chi connectivity index (χ0v) is 18.5. The molecule has 28 heavy (non-hydrogen) atoms. The van der Waals surface area contributed by atoms with Crippen molar-refractivity contribution in [1.82, 2.24) is 0 Å². The molecule has 2 aromatic rings. The van der Waals surface area contributed by atoms with Gasteiger partial charge in [-0.2, -0.15) is 0 Å². The quantitative estimate of drug-likeness (QED) is 0.372. The van der Waals surface area contributed by atoms with Gasteiger partial charge >= 0.3 is 0 Å². The lowest BCUT2D eigenvalue weighted by Crippen LogP contribution is -2.47. The first-order valence-corrected chi connectivity index (χ1v) is 13.9. The molecule has 0 bridgehead atoms. The molecule has 3 nitrogen and oxygen atoms in total. The third-order valence-corrected chi connectivity index (χ3v) is 8.73. The van der Waals surface area contributed by atoms with Crippen LogP contribution in [0, 0.1) is 0 Å². The Morgan fingerprint density at radius 1 is 0.786 bits per heavy atom. The van der Waals surface area contributed by atoms with E-state index in [1.54, 1.807) is 0 Å². The number of aliphatic hydroxyl groups is 2. The molecule has 4 heteroatoms. The Kier molecular flexibility index (Phi) is 8.89. The minimum absolute atomic E-state index is 0.189. The Labute approximate surface area is 171 Å². The van der Waals surface area contributed by atoms with Crippen molar-refractivity contribution in [3.63, 3.8) is 0 Å². The Morgan fingerprint density at radius 2 is 1.36 bits per heavy atom. The molecule has 0 unspecified atom stereocenters. The number of nitrogens with two attached hydrogens (primary N) is 1. The van der Waals surface area contributed by atoms with Gasteiger partial charge in [0.25, 0.3) is 0 Å². The van der Waals surface area contributed by atoms with Gasteiger partial charge in [0, 0.05) is 0 Å². The zero-order chi connectivity index (χ0) is 20.5. The van der Waals surface area contributed by atoms with Crippen LogP contribution in [0.2, 0.25) is 19.1 Å². The predicted octanol–water partition coefficient (Wildman–Crippen LogP) is 4.11. The van der Waals surface area contributed by atoms with Crippen LogP contribution in [0.4, 0.5) is 0 Å². The van der Waals surface area contributed by atoms with E-state index in [0.29, 0.717) is 6.42 Å². The summed E-state index contributed by atoms with van der Waals surface area (Å²) in [6, 6.07) is 22.3. The maximum Gasteiger partial charge on any atom is 0.0633 e. The standard InChI is InChI=1S/C24H37NO2Si/c1-28(2,18-23-9-4-3-5-10-23)17-7-6-8-21-11-13-22(14-12-21)15-16-24(25,19-26)20-27/h3-5,9-14,26-27H,6-8,15-20,25H2,1-2H3. The fraction of sp³-hybridized carbons (Fsp3) is 0.500. The maximum absolute atomic E-state index is 9.29. The Morgan fingerprint density at radius 3 is 1.93 bits per heavy atom. The molecule has 0 heterocycles. The van der Waals surface area contributed by atoms with Crippen molar-refractivity contribution in [3.8, 4) is 0 Å². The van der Waals surface area contributed by atoms with Gasteiger partial charge in [0.15, 0.2) is 0 Å². The first kappa shape index (κ1) is 22.8. The highest BCUT2D eigenvalue weighted by molar-refractivity contribution is 6.76. The first-order valence-electron chi connectivity index (χ1n) is 10.5. The van der Waals surface area contributed by atoms with Gasteiger partial charge in [-0.3, -0.25) is 0 Å². The van der Waals surface area contributed by atoms with Crippen LogP contribution in [-0.2, 0) is 18.9 Å². The molecule has 0 aromatic heterocycles. The fourth-order valence-corrected chi connectivity index (χ4v) is 6.37. The average Bonchev–Trinajstić information content (AvgIpc) is 2.71. The van der Waals surface area contributed by atoms with E-state index in [1.165, 1.54) is 41.6 Å². The summed E-state index contributed by atoms with van der Waals surface area (Å²) in [4.78, 5) is 0. The molecule has 0 radical (unpaired) electrons. The topological polar surface area (TPSA) is 66.5 Å². The van der Waals surface area contributed by atoms with Crippen molar-refractivity contribution in [3.05, 3.63) is 71.3 Å². The van der Waals surface area contributed by atoms with Crippen LogP contribution in [0.1, 0.15) is 36.0 Å². The smallest absolute Gasteiger partial charge is 0.0633 e. The van der Waals surface area contributed by atoms with Crippen molar-refractivity contribution >= 4 is 8.07 Å². The summed E-state index contributed by atoms with van der Waals surface area (Å²) >= 11 is 0. The largest absolute Gasteiger partial charge is 0.394 e. The van der Waals surface area contributed by atoms with E-state index in [9.17, 15) is 10.2 Å². The van der Waals surface area contributed by atoms with Crippen LogP contribution < -0.4 is 5.73 Å². The fourth-order valence-electron chi connectivity index (χ4n) is 3.64. The number of benzene rings is 2. The van der Waals surface area contributed by atoms with Crippen LogP contribution in [0.15, 0.2) is 54.6 Å². The van der Waals surface area contributed by atoms with Gasteiger partial charge in [-0.1, -0.05) is 85.7 Å². The molecule has 0 aliphatic heterocycles. The minimum Gasteiger partial charge on any atom is -0.394 e. The second-order valence-electron chi connectivity index (χ2n) is 9.03. The van der Waals surface area contributed by atoms with E-state index in [2.05, 4.69) is 67.7 Å². The van der Waals surface area contributed by atoms with Gasteiger partial charge in [0.1, 0.15) is 0 Å². The molecule has 0 fully saturated rings. The van der Waals surface area contributed by atoms with Crippen molar-refractivity contribution in [2.75, 3.05) is 13.2 Å². The lowest BCUT2D eigenvalue weighted by molar-refractivity contribution is 0.115. The van der Waals surface area contributed by atoms with Crippen molar-refractivity contribution < 1.29 is 10.2 Å². The molecule has 0 saturated carbocycles. The van der Waals surface area contributed by atoms with Gasteiger partial charge < -0.3 is 15.9 Å². The maximum atomic E-state index is 9.29. The van der Waals surface area contributed by atoms with Gasteiger partial charge in [0.2, 0.25) is 0 Å². The molecule has 0 saturated heterocycles. The summed E-state index contributed by atoms with van der Waals surface area (Å²) in [7, 11) is -1.18. The zero-order valence-electron chi connectivity index (χ0n) is 17.5. The van der Waals surface area contributed by atoms with E-state index in [0.717, 1.165) is 12.8 Å². The summed E-state index contributed by atoms with van der Waals surface area (Å²) in [5.74, 6) is 0. The van der Waals surface area contributed by atoms with Gasteiger partial charge in [0.05, 0.1) is 26.8 Å². The normalized spacial score (nSPS) is 12.3. The molecule has 0 atom stereocenters. The summed E-state index contributed by atoms with van der Waals surface area (Å²) in [6.45, 7) is 4.63. The molecule has 0 aliphatic rings. The summed E-state index contributed by atoms with van der Waals surface area (Å²) in [5.41, 5.74) is 9.14. The minimum atomic E-state index is -1.18. The van der Waals surface area contributed by atoms with E-state index in [4.69, 9.17) is 5.73 Å². The molecule has 0 amide bonds. The van der Waals surface area contributed by atoms with Gasteiger partial charge in [-0.25, -0.2) is 0 Å². The SMILES string of the molecule is C[Si](C)(CCCCc1ccc(CCC(N)(CO)CO)cc1)Cc1ccccc1. The Balaban J connectivity index is 1.71. The van der Waals surface area contributed by atoms with E-state index in [1.807, 2.05) is 0 Å². The Hall–Kier alpha value is -1.46. The first-order chi connectivity index (χ1) is 13.4. The second-order valence-corrected chi connectivity index (χ2v) is 14.2. The second kappa shape index (κ2) is 10.9. The molecular formula is C24H37NO2Si. The number of unbranched alkanes of at least 4 members (excludes halogenated alkanes) is 1. The molecule has 0 spiro atoms. The highest BCUT2D eigenvalue weighted by Crippen LogP contribution is 2.20. The van der Waals surface area contributed by atoms with E-state index < -0.39 is 13.6 Å². The molecule has 4 N–H and O–H groups in total. The number of rotatable bonds is 12. The Bertz CT molecular complexity index is 682. The average molecular weight is 400 g/mol. The summed E-state index contributed by atoms with van der Waals surface area (Å²) < 4.78 is 0. The van der Waals surface area contributed by atoms with Gasteiger partial charge in [-0.15, -0.1) is 0 Å². The third-order valence-electron chi connectivity index (χ3n) is 5.66. The number of hydrogen-bond donors (Lipinski definition) is 3. The van der Waals surface area contributed by atoms with Crippen LogP contribution in [-0.4, -0.2) is 37.0 Å². The van der Waals surface area contributed by atoms with Crippen LogP contribution in [0.3, 0.4) is 0 Å². The van der Waals surface area contributed by atoms with Crippen molar-refractivity contribution in [2.24, 2.45) is 5.73 Å². The molecule has 2 rings (SSSR count). The lowest BCUT2D eigenvalue weighted by atomic mass is 9.93. The van der Waals surface area contributed by atoms with Crippen molar-refractivity contribution in [1.29, 1.82) is 0 Å². The number of aliphatic hydroxyl groups excluding tert-OH is 2. The van der Waals surface area contributed by atoms with Crippen molar-refractivity contribution in [2.45, 2.75) is 62.8 Å². The van der Waals surface area contributed by atoms with Crippen LogP contribution in [0.5, 0.6) is 0 Å². The van der Waals surface area contributed by atoms with E-state index in [-0.39, 0.29) is 13.2 Å². The highest BCUT2D eigenvalue weighted by Gasteiger charge is 2.22. The molecule has 2 aromatic carbocycles. The lowest BCUT2D eigenvalue weighted by Gasteiger charge is -2.24. The van der Waals surface area contributed by atoms with Crippen LogP contribution in [0.25, 0.3) is 0 Å². The monoisotopic (exact) mass is 399 g/mol. The third kappa shape index (κ3) is 7.88. The predicted molar refractivity (Wildman–Crippen MR) is 121 cm³/mol. The summed E-state index contributed by atoms with van der Waals surface area (Å²) in [6.07, 6.45) is 5.03. The number of aryl methyl sites for hydroxylation is 2. The number of hydrogen-bond acceptors (Lipinski definition) is 3. The molecule has 154 valence electrons. The molecular weight excluding hydrogens is 362 g/mol. The summed E-state index contributed by atoms with van der Waals surface area (Å²) in [5, 5.41) is 18.6.